The minimum atomic E-state index is -4.71. The van der Waals surface area contributed by atoms with Crippen molar-refractivity contribution in [3.8, 4) is 11.5 Å². The lowest BCUT2D eigenvalue weighted by Gasteiger charge is -2.15. The van der Waals surface area contributed by atoms with Gasteiger partial charge in [0.05, 0.1) is 18.0 Å². The molecule has 2 rings (SSSR count). The predicted molar refractivity (Wildman–Crippen MR) is 100 cm³/mol. The number of hydrogen-bond acceptors (Lipinski definition) is 4. The number of alkyl halides is 3. The summed E-state index contributed by atoms with van der Waals surface area (Å²) < 4.78 is 45.6. The largest absolute Gasteiger partial charge is 0.573 e. The van der Waals surface area contributed by atoms with Gasteiger partial charge in [-0.2, -0.15) is 0 Å². The Hall–Kier alpha value is -2.35. The summed E-state index contributed by atoms with van der Waals surface area (Å²) in [4.78, 5) is 12.4. The quantitative estimate of drug-likeness (QED) is 0.698. The Morgan fingerprint density at radius 1 is 1.19 bits per heavy atom. The number of carbonyl (C=O) groups excluding carboxylic acids is 1. The zero-order chi connectivity index (χ0) is 20.0. The Morgan fingerprint density at radius 2 is 1.85 bits per heavy atom. The molecule has 0 aliphatic heterocycles. The van der Waals surface area contributed by atoms with Gasteiger partial charge in [0.2, 0.25) is 5.91 Å². The average Bonchev–Trinajstić information content (AvgIpc) is 2.59. The van der Waals surface area contributed by atoms with Crippen molar-refractivity contribution < 1.29 is 27.4 Å². The topological polar surface area (TPSA) is 47.6 Å². The van der Waals surface area contributed by atoms with Gasteiger partial charge in [-0.3, -0.25) is 4.79 Å². The van der Waals surface area contributed by atoms with Crippen LogP contribution in [0.15, 0.2) is 42.5 Å². The maximum Gasteiger partial charge on any atom is 0.573 e. The molecule has 0 heterocycles. The second-order valence-corrected chi connectivity index (χ2v) is 7.17. The summed E-state index contributed by atoms with van der Waals surface area (Å²) >= 11 is 1.38. The molecule has 2 aromatic carbocycles. The lowest BCUT2D eigenvalue weighted by Crippen LogP contribution is -2.23. The fourth-order valence-corrected chi connectivity index (χ4v) is 3.08. The smallest absolute Gasteiger partial charge is 0.495 e. The molecule has 0 bridgehead atoms. The van der Waals surface area contributed by atoms with Gasteiger partial charge < -0.3 is 14.8 Å². The van der Waals surface area contributed by atoms with Crippen LogP contribution < -0.4 is 14.8 Å². The maximum atomic E-state index is 12.4. The molecule has 1 N–H and O–H groups in total. The van der Waals surface area contributed by atoms with Gasteiger partial charge in [-0.25, -0.2) is 0 Å². The molecule has 0 aromatic heterocycles. The van der Waals surface area contributed by atoms with Crippen LogP contribution in [0.3, 0.4) is 0 Å². The monoisotopic (exact) mass is 399 g/mol. The van der Waals surface area contributed by atoms with Crippen molar-refractivity contribution in [1.82, 2.24) is 0 Å². The third-order valence-corrected chi connectivity index (χ3v) is 4.85. The van der Waals surface area contributed by atoms with Crippen LogP contribution >= 0.6 is 11.8 Å². The molecule has 1 unspecified atom stereocenters. The first-order valence-corrected chi connectivity index (χ1v) is 9.14. The highest BCUT2D eigenvalue weighted by molar-refractivity contribution is 7.99. The molecule has 0 aliphatic carbocycles. The average molecular weight is 399 g/mol. The van der Waals surface area contributed by atoms with Crippen LogP contribution in [0.4, 0.5) is 18.9 Å². The second-order valence-electron chi connectivity index (χ2n) is 5.84. The third-order valence-electron chi connectivity index (χ3n) is 3.64. The summed E-state index contributed by atoms with van der Waals surface area (Å²) in [5.74, 6) is 0.604. The first-order valence-electron chi connectivity index (χ1n) is 8.10. The van der Waals surface area contributed by atoms with Gasteiger partial charge in [0, 0.05) is 5.75 Å². The molecule has 0 saturated carbocycles. The molecule has 1 atom stereocenters. The van der Waals surface area contributed by atoms with E-state index in [2.05, 4.69) is 10.1 Å². The second kappa shape index (κ2) is 9.03. The van der Waals surface area contributed by atoms with Crippen LogP contribution in [0, 0.1) is 6.92 Å². The number of carbonyl (C=O) groups is 1. The molecule has 0 aliphatic rings. The number of thioether (sulfide) groups is 1. The molecule has 0 radical (unpaired) electrons. The highest BCUT2D eigenvalue weighted by Gasteiger charge is 2.30. The van der Waals surface area contributed by atoms with Crippen molar-refractivity contribution in [2.45, 2.75) is 31.2 Å². The van der Waals surface area contributed by atoms with Gasteiger partial charge in [-0.05, 0) is 49.2 Å². The number of amides is 1. The summed E-state index contributed by atoms with van der Waals surface area (Å²) in [6.45, 7) is 3.68. The van der Waals surface area contributed by atoms with Crippen LogP contribution in [-0.4, -0.2) is 24.6 Å². The summed E-state index contributed by atoms with van der Waals surface area (Å²) in [5.41, 5.74) is 2.39. The Bertz CT molecular complexity index is 779. The molecule has 27 heavy (non-hydrogen) atoms. The minimum Gasteiger partial charge on any atom is -0.495 e. The first kappa shape index (κ1) is 21.0. The molecule has 0 spiro atoms. The van der Waals surface area contributed by atoms with E-state index in [1.54, 1.807) is 25.1 Å². The van der Waals surface area contributed by atoms with E-state index in [0.717, 1.165) is 11.1 Å². The number of methoxy groups -OCH3 is 1. The third kappa shape index (κ3) is 6.71. The Morgan fingerprint density at radius 3 is 2.44 bits per heavy atom. The van der Waals surface area contributed by atoms with E-state index in [-0.39, 0.29) is 16.9 Å². The SMILES string of the molecule is COc1ccc(C)cc1NC(=O)C(C)SCc1ccc(OC(F)(F)F)cc1. The Labute approximate surface area is 160 Å². The van der Waals surface area contributed by atoms with Gasteiger partial charge in [-0.15, -0.1) is 24.9 Å². The van der Waals surface area contributed by atoms with Crippen LogP contribution in [-0.2, 0) is 10.5 Å². The number of ether oxygens (including phenoxy) is 2. The summed E-state index contributed by atoms with van der Waals surface area (Å²) in [6, 6.07) is 11.1. The van der Waals surface area contributed by atoms with E-state index in [1.807, 2.05) is 19.1 Å². The Kier molecular flexibility index (Phi) is 7.01. The van der Waals surface area contributed by atoms with E-state index in [0.29, 0.717) is 17.2 Å². The highest BCUT2D eigenvalue weighted by atomic mass is 32.2. The van der Waals surface area contributed by atoms with E-state index in [9.17, 15) is 18.0 Å². The molecule has 2 aromatic rings. The Balaban J connectivity index is 1.90. The molecule has 146 valence electrons. The molecular weight excluding hydrogens is 379 g/mol. The van der Waals surface area contributed by atoms with Crippen LogP contribution in [0.25, 0.3) is 0 Å². The number of anilines is 1. The lowest BCUT2D eigenvalue weighted by molar-refractivity contribution is -0.274. The van der Waals surface area contributed by atoms with Gasteiger partial charge in [0.25, 0.3) is 0 Å². The predicted octanol–water partition coefficient (Wildman–Crippen LogP) is 5.16. The fourth-order valence-electron chi connectivity index (χ4n) is 2.24. The molecule has 8 heteroatoms. The number of halogens is 3. The standard InChI is InChI=1S/C19H20F3NO3S/c1-12-4-9-17(25-3)16(10-12)23-18(24)13(2)27-11-14-5-7-15(8-6-14)26-19(20,21)22/h4-10,13H,11H2,1-3H3,(H,23,24). The zero-order valence-electron chi connectivity index (χ0n) is 15.1. The molecular formula is C19H20F3NO3S. The summed E-state index contributed by atoms with van der Waals surface area (Å²) in [7, 11) is 1.53. The van der Waals surface area contributed by atoms with Gasteiger partial charge in [-0.1, -0.05) is 18.2 Å². The van der Waals surface area contributed by atoms with Crippen molar-refractivity contribution in [3.63, 3.8) is 0 Å². The van der Waals surface area contributed by atoms with E-state index in [1.165, 1.54) is 31.0 Å². The molecule has 4 nitrogen and oxygen atoms in total. The van der Waals surface area contributed by atoms with Crippen molar-refractivity contribution in [3.05, 3.63) is 53.6 Å². The number of nitrogens with one attached hydrogen (secondary N) is 1. The lowest BCUT2D eigenvalue weighted by atomic mass is 10.2. The first-order chi connectivity index (χ1) is 12.7. The van der Waals surface area contributed by atoms with Crippen molar-refractivity contribution in [1.29, 1.82) is 0 Å². The number of aryl methyl sites for hydroxylation is 1. The van der Waals surface area contributed by atoms with Crippen molar-refractivity contribution in [2.75, 3.05) is 12.4 Å². The zero-order valence-corrected chi connectivity index (χ0v) is 15.9. The molecule has 0 fully saturated rings. The maximum absolute atomic E-state index is 12.4. The fraction of sp³-hybridized carbons (Fsp3) is 0.316. The van der Waals surface area contributed by atoms with Crippen LogP contribution in [0.1, 0.15) is 18.1 Å². The number of rotatable bonds is 7. The van der Waals surface area contributed by atoms with Gasteiger partial charge in [0.1, 0.15) is 11.5 Å². The van der Waals surface area contributed by atoms with Gasteiger partial charge >= 0.3 is 6.36 Å². The van der Waals surface area contributed by atoms with Crippen LogP contribution in [0.5, 0.6) is 11.5 Å². The molecule has 1 amide bonds. The van der Waals surface area contributed by atoms with E-state index in [4.69, 9.17) is 4.74 Å². The van der Waals surface area contributed by atoms with Crippen LogP contribution in [0.2, 0.25) is 0 Å². The van der Waals surface area contributed by atoms with Crippen molar-refractivity contribution >= 4 is 23.4 Å². The van der Waals surface area contributed by atoms with Crippen molar-refractivity contribution in [2.24, 2.45) is 0 Å². The van der Waals surface area contributed by atoms with E-state index >= 15 is 0 Å². The number of benzene rings is 2. The summed E-state index contributed by atoms with van der Waals surface area (Å²) in [5, 5.41) is 2.48. The number of hydrogen-bond donors (Lipinski definition) is 1. The van der Waals surface area contributed by atoms with Gasteiger partial charge in [0.15, 0.2) is 0 Å². The normalized spacial score (nSPS) is 12.4. The highest BCUT2D eigenvalue weighted by Crippen LogP contribution is 2.28. The summed E-state index contributed by atoms with van der Waals surface area (Å²) in [6.07, 6.45) is -4.71. The molecule has 0 saturated heterocycles. The minimum absolute atomic E-state index is 0.180. The van der Waals surface area contributed by atoms with E-state index < -0.39 is 6.36 Å².